The van der Waals surface area contributed by atoms with E-state index in [1.54, 1.807) is 0 Å². The average Bonchev–Trinajstić information content (AvgIpc) is 2.16. The number of nitrogens with zero attached hydrogens (tertiary/aromatic N) is 1. The second-order valence-electron chi connectivity index (χ2n) is 3.78. The van der Waals surface area contributed by atoms with Crippen LogP contribution >= 0.6 is 11.8 Å². The van der Waals surface area contributed by atoms with E-state index in [0.29, 0.717) is 24.6 Å². The van der Waals surface area contributed by atoms with Gasteiger partial charge in [0.05, 0.1) is 18.0 Å². The van der Waals surface area contributed by atoms with Crippen LogP contribution in [0, 0.1) is 5.41 Å². The summed E-state index contributed by atoms with van der Waals surface area (Å²) in [5.74, 6) is 1.24. The van der Waals surface area contributed by atoms with Gasteiger partial charge in [0.1, 0.15) is 0 Å². The van der Waals surface area contributed by atoms with Crippen molar-refractivity contribution in [2.45, 2.75) is 26.1 Å². The molecule has 0 aromatic carbocycles. The van der Waals surface area contributed by atoms with E-state index < -0.39 is 0 Å². The molecule has 1 fully saturated rings. The molecule has 1 heterocycles. The third kappa shape index (κ3) is 4.22. The summed E-state index contributed by atoms with van der Waals surface area (Å²) >= 11 is 1.48. The smallest absolute Gasteiger partial charge is 0.232 e. The highest BCUT2D eigenvalue weighted by Gasteiger charge is 2.25. The molecule has 1 rings (SSSR count). The van der Waals surface area contributed by atoms with E-state index in [1.165, 1.54) is 18.0 Å². The van der Waals surface area contributed by atoms with Gasteiger partial charge in [-0.05, 0) is 13.8 Å². The monoisotopic (exact) mass is 230 g/mol. The van der Waals surface area contributed by atoms with Gasteiger partial charge in [0.2, 0.25) is 5.91 Å². The molecule has 0 aromatic heterocycles. The fourth-order valence-corrected chi connectivity index (χ4v) is 2.27. The van der Waals surface area contributed by atoms with Gasteiger partial charge in [0.25, 0.3) is 0 Å². The third-order valence-electron chi connectivity index (χ3n) is 2.20. The van der Waals surface area contributed by atoms with Crippen LogP contribution in [0.1, 0.15) is 13.8 Å². The van der Waals surface area contributed by atoms with E-state index in [0.717, 1.165) is 0 Å². The first kappa shape index (κ1) is 12.5. The highest BCUT2D eigenvalue weighted by Crippen LogP contribution is 2.12. The first-order chi connectivity index (χ1) is 7.13. The molecule has 4 nitrogen and oxygen atoms in total. The van der Waals surface area contributed by atoms with Gasteiger partial charge in [-0.3, -0.25) is 4.79 Å². The molecule has 0 saturated carbocycles. The second kappa shape index (κ2) is 6.12. The lowest BCUT2D eigenvalue weighted by Crippen LogP contribution is -2.48. The highest BCUT2D eigenvalue weighted by atomic mass is 32.2. The maximum absolute atomic E-state index is 11.7. The summed E-state index contributed by atoms with van der Waals surface area (Å²) in [5, 5.41) is 6.86. The zero-order chi connectivity index (χ0) is 11.3. The van der Waals surface area contributed by atoms with Crippen LogP contribution < -0.4 is 0 Å². The van der Waals surface area contributed by atoms with Crippen molar-refractivity contribution in [2.24, 2.45) is 0 Å². The molecule has 1 aliphatic heterocycles. The number of amides is 1. The number of hydrogen-bond donors (Lipinski definition) is 1. The number of ether oxygens (including phenoxy) is 1. The number of nitrogens with one attached hydrogen (secondary N) is 1. The SMILES string of the molecule is CC1CN(C(=O)CSCC=N)C[C@@H](C)O1. The molecular formula is C10H18N2O2S. The molecule has 0 aromatic rings. The Morgan fingerprint density at radius 2 is 2.13 bits per heavy atom. The normalized spacial score (nSPS) is 26.4. The van der Waals surface area contributed by atoms with E-state index in [4.69, 9.17) is 10.1 Å². The summed E-state index contributed by atoms with van der Waals surface area (Å²) in [5.41, 5.74) is 0. The Labute approximate surface area is 94.9 Å². The molecule has 0 spiro atoms. The minimum absolute atomic E-state index is 0.130. The van der Waals surface area contributed by atoms with Crippen molar-refractivity contribution in [3.8, 4) is 0 Å². The lowest BCUT2D eigenvalue weighted by molar-refractivity contribution is -0.140. The largest absolute Gasteiger partial charge is 0.372 e. The van der Waals surface area contributed by atoms with Crippen LogP contribution in [0.5, 0.6) is 0 Å². The first-order valence-electron chi connectivity index (χ1n) is 5.13. The molecule has 1 unspecified atom stereocenters. The first-order valence-corrected chi connectivity index (χ1v) is 6.29. The van der Waals surface area contributed by atoms with E-state index in [-0.39, 0.29) is 18.1 Å². The van der Waals surface area contributed by atoms with Crippen molar-refractivity contribution in [1.82, 2.24) is 4.90 Å². The molecule has 1 saturated heterocycles. The maximum atomic E-state index is 11.7. The van der Waals surface area contributed by atoms with E-state index in [1.807, 2.05) is 18.7 Å². The lowest BCUT2D eigenvalue weighted by atomic mass is 10.2. The molecule has 0 aliphatic carbocycles. The molecule has 86 valence electrons. The quantitative estimate of drug-likeness (QED) is 0.579. The van der Waals surface area contributed by atoms with Crippen LogP contribution in [0.2, 0.25) is 0 Å². The number of carbonyl (C=O) groups excluding carboxylic acids is 1. The van der Waals surface area contributed by atoms with Gasteiger partial charge in [0.15, 0.2) is 0 Å². The highest BCUT2D eigenvalue weighted by molar-refractivity contribution is 8.00. The zero-order valence-corrected chi connectivity index (χ0v) is 10.0. The van der Waals surface area contributed by atoms with Crippen LogP contribution in [-0.2, 0) is 9.53 Å². The van der Waals surface area contributed by atoms with E-state index in [2.05, 4.69) is 0 Å². The summed E-state index contributed by atoms with van der Waals surface area (Å²) in [6.45, 7) is 5.35. The van der Waals surface area contributed by atoms with Gasteiger partial charge in [0, 0.05) is 25.1 Å². The number of morpholine rings is 1. The Balaban J connectivity index is 2.34. The standard InChI is InChI=1S/C10H18N2O2S/c1-8-5-12(6-9(2)14-8)10(13)7-15-4-3-11/h3,8-9,11H,4-7H2,1-2H3/t8-,9?/m1/s1. The Kier molecular flexibility index (Phi) is 5.11. The zero-order valence-electron chi connectivity index (χ0n) is 9.23. The molecule has 1 amide bonds. The second-order valence-corrected chi connectivity index (χ2v) is 4.81. The van der Waals surface area contributed by atoms with Gasteiger partial charge in [-0.1, -0.05) is 0 Å². The summed E-state index contributed by atoms with van der Waals surface area (Å²) < 4.78 is 5.56. The summed E-state index contributed by atoms with van der Waals surface area (Å²) in [6.07, 6.45) is 1.58. The van der Waals surface area contributed by atoms with Crippen LogP contribution in [0.3, 0.4) is 0 Å². The van der Waals surface area contributed by atoms with Crippen molar-refractivity contribution >= 4 is 23.9 Å². The number of thioether (sulfide) groups is 1. The summed E-state index contributed by atoms with van der Waals surface area (Å²) in [7, 11) is 0. The molecule has 0 bridgehead atoms. The Bertz CT molecular complexity index is 225. The fourth-order valence-electron chi connectivity index (χ4n) is 1.68. The van der Waals surface area contributed by atoms with Crippen molar-refractivity contribution in [2.75, 3.05) is 24.6 Å². The van der Waals surface area contributed by atoms with E-state index >= 15 is 0 Å². The van der Waals surface area contributed by atoms with Crippen molar-refractivity contribution < 1.29 is 9.53 Å². The molecule has 15 heavy (non-hydrogen) atoms. The van der Waals surface area contributed by atoms with Gasteiger partial charge < -0.3 is 15.0 Å². The molecular weight excluding hydrogens is 212 g/mol. The number of carbonyl (C=O) groups is 1. The molecule has 1 aliphatic rings. The van der Waals surface area contributed by atoms with Gasteiger partial charge in [-0.2, -0.15) is 0 Å². The van der Waals surface area contributed by atoms with Crippen molar-refractivity contribution in [3.05, 3.63) is 0 Å². The van der Waals surface area contributed by atoms with Crippen molar-refractivity contribution in [1.29, 1.82) is 5.41 Å². The third-order valence-corrected chi connectivity index (χ3v) is 3.05. The van der Waals surface area contributed by atoms with E-state index in [9.17, 15) is 4.79 Å². The van der Waals surface area contributed by atoms with Gasteiger partial charge in [-0.25, -0.2) is 0 Å². The fraction of sp³-hybridized carbons (Fsp3) is 0.800. The maximum Gasteiger partial charge on any atom is 0.232 e. The minimum Gasteiger partial charge on any atom is -0.372 e. The number of rotatable bonds is 4. The van der Waals surface area contributed by atoms with Crippen LogP contribution in [-0.4, -0.2) is 53.8 Å². The Morgan fingerprint density at radius 3 is 2.67 bits per heavy atom. The summed E-state index contributed by atoms with van der Waals surface area (Å²) in [4.78, 5) is 13.6. The predicted molar refractivity (Wildman–Crippen MR) is 62.7 cm³/mol. The lowest BCUT2D eigenvalue weighted by Gasteiger charge is -2.35. The molecule has 5 heteroatoms. The molecule has 0 radical (unpaired) electrons. The molecule has 2 atom stereocenters. The Hall–Kier alpha value is -0.550. The Morgan fingerprint density at radius 1 is 1.53 bits per heavy atom. The van der Waals surface area contributed by atoms with Crippen LogP contribution in [0.4, 0.5) is 0 Å². The summed E-state index contributed by atoms with van der Waals surface area (Å²) in [6, 6.07) is 0. The van der Waals surface area contributed by atoms with Gasteiger partial charge >= 0.3 is 0 Å². The molecule has 1 N–H and O–H groups in total. The number of hydrogen-bond acceptors (Lipinski definition) is 4. The average molecular weight is 230 g/mol. The van der Waals surface area contributed by atoms with Crippen molar-refractivity contribution in [3.63, 3.8) is 0 Å². The predicted octanol–water partition coefficient (Wildman–Crippen LogP) is 1.00. The topological polar surface area (TPSA) is 53.4 Å². The van der Waals surface area contributed by atoms with Crippen LogP contribution in [0.15, 0.2) is 0 Å². The minimum atomic E-state index is 0.130. The van der Waals surface area contributed by atoms with Gasteiger partial charge in [-0.15, -0.1) is 11.8 Å². The van der Waals surface area contributed by atoms with Crippen LogP contribution in [0.25, 0.3) is 0 Å².